The number of nitro benzene ring substituents is 1. The van der Waals surface area contributed by atoms with Crippen LogP contribution in [0.1, 0.15) is 0 Å². The lowest BCUT2D eigenvalue weighted by Gasteiger charge is -1.94. The molecule has 1 N–H and O–H groups in total. The second-order valence-electron chi connectivity index (χ2n) is 2.68. The molecular weight excluding hydrogens is 168 g/mol. The van der Waals surface area contributed by atoms with Gasteiger partial charge in [0.15, 0.2) is 12.4 Å². The van der Waals surface area contributed by atoms with Gasteiger partial charge in [-0.15, -0.1) is 0 Å². The van der Waals surface area contributed by atoms with Crippen LogP contribution >= 0.6 is 0 Å². The van der Waals surface area contributed by atoms with Gasteiger partial charge in [-0.05, 0) is 0 Å². The molecule has 13 heavy (non-hydrogen) atoms. The second-order valence-corrected chi connectivity index (χ2v) is 2.68. The summed E-state index contributed by atoms with van der Waals surface area (Å²) in [6.45, 7) is 0. The Kier molecular flexibility index (Phi) is 1.66. The van der Waals surface area contributed by atoms with E-state index in [1.807, 2.05) is 12.1 Å². The number of nitrogens with zero attached hydrogens (tertiary/aromatic N) is 1. The van der Waals surface area contributed by atoms with Gasteiger partial charge in [0.1, 0.15) is 5.39 Å². The molecule has 0 fully saturated rings. The van der Waals surface area contributed by atoms with Crippen LogP contribution in [0.3, 0.4) is 0 Å². The minimum Gasteiger partial charge on any atom is -0.258 e. The van der Waals surface area contributed by atoms with Gasteiger partial charge in [0.2, 0.25) is 0 Å². The van der Waals surface area contributed by atoms with E-state index in [0.29, 0.717) is 5.39 Å². The third-order valence-corrected chi connectivity index (χ3v) is 1.90. The molecule has 0 saturated heterocycles. The maximum Gasteiger partial charge on any atom is 0.283 e. The van der Waals surface area contributed by atoms with Crippen LogP contribution in [0.2, 0.25) is 0 Å². The maximum absolute atomic E-state index is 10.6. The number of rotatable bonds is 1. The molecule has 0 radical (unpaired) electrons. The van der Waals surface area contributed by atoms with Gasteiger partial charge in [0.25, 0.3) is 5.69 Å². The van der Waals surface area contributed by atoms with Crippen LogP contribution in [-0.2, 0) is 0 Å². The number of aromatic amines is 1. The van der Waals surface area contributed by atoms with E-state index < -0.39 is 0 Å². The van der Waals surface area contributed by atoms with Crippen molar-refractivity contribution in [1.82, 2.24) is 0 Å². The minimum atomic E-state index is -0.379. The number of hydrogen-bond acceptors (Lipinski definition) is 2. The number of nitro groups is 1. The molecule has 0 saturated carbocycles. The summed E-state index contributed by atoms with van der Waals surface area (Å²) in [5.41, 5.74) is 0.134. The average molecular weight is 175 g/mol. The Balaban J connectivity index is 2.83. The Morgan fingerprint density at radius 2 is 2.15 bits per heavy atom. The van der Waals surface area contributed by atoms with Crippen molar-refractivity contribution in [2.75, 3.05) is 0 Å². The summed E-state index contributed by atoms with van der Waals surface area (Å²) in [7, 11) is 0. The highest BCUT2D eigenvalue weighted by Crippen LogP contribution is 2.22. The van der Waals surface area contributed by atoms with Crippen LogP contribution in [0.4, 0.5) is 5.69 Å². The number of aromatic nitrogens is 1. The van der Waals surface area contributed by atoms with E-state index in [4.69, 9.17) is 0 Å². The van der Waals surface area contributed by atoms with Gasteiger partial charge in [0, 0.05) is 17.5 Å². The Bertz CT molecular complexity index is 463. The average Bonchev–Trinajstić information content (AvgIpc) is 2.17. The lowest BCUT2D eigenvalue weighted by atomic mass is 10.1. The van der Waals surface area contributed by atoms with Crippen molar-refractivity contribution in [3.8, 4) is 0 Å². The monoisotopic (exact) mass is 175 g/mol. The van der Waals surface area contributed by atoms with Crippen molar-refractivity contribution in [3.63, 3.8) is 0 Å². The first-order chi connectivity index (χ1) is 6.29. The van der Waals surface area contributed by atoms with Gasteiger partial charge in [-0.1, -0.05) is 12.1 Å². The fourth-order valence-electron chi connectivity index (χ4n) is 1.30. The number of hydrogen-bond donors (Lipinski definition) is 0. The standard InChI is InChI=1S/C9H6N2O2/c12-11(13)9-3-1-2-7-4-5-10-6-8(7)9/h1-6H/p+1. The number of fused-ring (bicyclic) bond motifs is 1. The molecule has 2 aromatic rings. The minimum absolute atomic E-state index is 0.134. The van der Waals surface area contributed by atoms with Crippen molar-refractivity contribution < 1.29 is 9.91 Å². The normalized spacial score (nSPS) is 10.2. The van der Waals surface area contributed by atoms with Gasteiger partial charge in [-0.2, -0.15) is 0 Å². The van der Waals surface area contributed by atoms with E-state index in [1.54, 1.807) is 18.5 Å². The molecule has 0 aliphatic rings. The zero-order valence-electron chi connectivity index (χ0n) is 6.73. The molecule has 1 heterocycles. The highest BCUT2D eigenvalue weighted by Gasteiger charge is 2.11. The highest BCUT2D eigenvalue weighted by atomic mass is 16.6. The molecule has 4 heteroatoms. The quantitative estimate of drug-likeness (QED) is 0.487. The van der Waals surface area contributed by atoms with Gasteiger partial charge in [-0.25, -0.2) is 4.98 Å². The van der Waals surface area contributed by atoms with E-state index in [9.17, 15) is 10.1 Å². The number of H-pyrrole nitrogens is 1. The van der Waals surface area contributed by atoms with E-state index >= 15 is 0 Å². The first kappa shape index (κ1) is 7.67. The SMILES string of the molecule is O=[N+]([O-])c1cccc2cc[nH+]cc12. The van der Waals surface area contributed by atoms with Gasteiger partial charge in [0.05, 0.1) is 4.92 Å². The highest BCUT2D eigenvalue weighted by molar-refractivity contribution is 5.89. The topological polar surface area (TPSA) is 57.3 Å². The molecule has 4 nitrogen and oxygen atoms in total. The number of nitrogens with one attached hydrogen (secondary N) is 1. The van der Waals surface area contributed by atoms with Crippen molar-refractivity contribution >= 4 is 16.5 Å². The predicted molar refractivity (Wildman–Crippen MR) is 47.2 cm³/mol. The molecule has 0 amide bonds. The molecule has 1 aromatic heterocycles. The van der Waals surface area contributed by atoms with Crippen LogP contribution in [0.5, 0.6) is 0 Å². The van der Waals surface area contributed by atoms with Crippen molar-refractivity contribution in [2.24, 2.45) is 0 Å². The molecular formula is C9H7N2O2+. The van der Waals surface area contributed by atoms with Crippen LogP contribution in [0.15, 0.2) is 36.7 Å². The molecule has 0 bridgehead atoms. The zero-order valence-corrected chi connectivity index (χ0v) is 6.73. The summed E-state index contributed by atoms with van der Waals surface area (Å²) in [5, 5.41) is 12.1. The van der Waals surface area contributed by atoms with E-state index in [1.165, 1.54) is 6.07 Å². The Morgan fingerprint density at radius 3 is 2.92 bits per heavy atom. The first-order valence-electron chi connectivity index (χ1n) is 3.82. The Hall–Kier alpha value is -1.97. The summed E-state index contributed by atoms with van der Waals surface area (Å²) in [6, 6.07) is 6.83. The Labute approximate surface area is 74.0 Å². The maximum atomic E-state index is 10.6. The van der Waals surface area contributed by atoms with Crippen LogP contribution in [0.25, 0.3) is 10.8 Å². The largest absolute Gasteiger partial charge is 0.283 e. The number of benzene rings is 1. The van der Waals surface area contributed by atoms with Crippen LogP contribution in [-0.4, -0.2) is 4.92 Å². The molecule has 2 rings (SSSR count). The van der Waals surface area contributed by atoms with Crippen molar-refractivity contribution in [3.05, 3.63) is 46.8 Å². The number of pyridine rings is 1. The van der Waals surface area contributed by atoms with E-state index in [-0.39, 0.29) is 10.6 Å². The van der Waals surface area contributed by atoms with E-state index in [0.717, 1.165) is 5.39 Å². The molecule has 0 atom stereocenters. The third kappa shape index (κ3) is 1.22. The van der Waals surface area contributed by atoms with Gasteiger partial charge >= 0.3 is 0 Å². The zero-order chi connectivity index (χ0) is 9.26. The first-order valence-corrected chi connectivity index (χ1v) is 3.82. The fraction of sp³-hybridized carbons (Fsp3) is 0. The molecule has 0 aliphatic heterocycles. The molecule has 64 valence electrons. The summed E-state index contributed by atoms with van der Waals surface area (Å²) < 4.78 is 0. The summed E-state index contributed by atoms with van der Waals surface area (Å²) in [5.74, 6) is 0. The van der Waals surface area contributed by atoms with Crippen molar-refractivity contribution in [1.29, 1.82) is 0 Å². The smallest absolute Gasteiger partial charge is 0.258 e. The third-order valence-electron chi connectivity index (χ3n) is 1.90. The summed E-state index contributed by atoms with van der Waals surface area (Å²) in [6.07, 6.45) is 3.37. The fourth-order valence-corrected chi connectivity index (χ4v) is 1.30. The van der Waals surface area contributed by atoms with Crippen LogP contribution in [0, 0.1) is 10.1 Å². The number of non-ortho nitro benzene ring substituents is 1. The molecule has 0 spiro atoms. The van der Waals surface area contributed by atoms with Crippen molar-refractivity contribution in [2.45, 2.75) is 0 Å². The van der Waals surface area contributed by atoms with E-state index in [2.05, 4.69) is 4.98 Å². The predicted octanol–water partition coefficient (Wildman–Crippen LogP) is 1.56. The molecule has 1 aromatic carbocycles. The summed E-state index contributed by atoms with van der Waals surface area (Å²) in [4.78, 5) is 13.1. The second kappa shape index (κ2) is 2.82. The molecule has 0 aliphatic carbocycles. The van der Waals surface area contributed by atoms with Gasteiger partial charge in [-0.3, -0.25) is 10.1 Å². The Morgan fingerprint density at radius 1 is 1.31 bits per heavy atom. The lowest BCUT2D eigenvalue weighted by Crippen LogP contribution is -1.99. The summed E-state index contributed by atoms with van der Waals surface area (Å²) >= 11 is 0. The lowest BCUT2D eigenvalue weighted by molar-refractivity contribution is -0.387. The van der Waals surface area contributed by atoms with Gasteiger partial charge < -0.3 is 0 Å². The van der Waals surface area contributed by atoms with Crippen LogP contribution < -0.4 is 4.98 Å². The molecule has 0 unspecified atom stereocenters.